The van der Waals surface area contributed by atoms with Crippen LogP contribution in [0.1, 0.15) is 41.6 Å². The van der Waals surface area contributed by atoms with E-state index in [-0.39, 0.29) is 23.8 Å². The van der Waals surface area contributed by atoms with Crippen LogP contribution >= 0.6 is 0 Å². The summed E-state index contributed by atoms with van der Waals surface area (Å²) >= 11 is 0. The first-order valence-corrected chi connectivity index (χ1v) is 8.63. The summed E-state index contributed by atoms with van der Waals surface area (Å²) in [7, 11) is 0. The summed E-state index contributed by atoms with van der Waals surface area (Å²) in [4.78, 5) is 26.0. The van der Waals surface area contributed by atoms with Crippen molar-refractivity contribution in [2.75, 3.05) is 18.0 Å². The predicted octanol–water partition coefficient (Wildman–Crippen LogP) is 2.04. The summed E-state index contributed by atoms with van der Waals surface area (Å²) in [5, 5.41) is 12.8. The number of aliphatic hydroxyl groups excluding tert-OH is 1. The topological polar surface area (TPSA) is 69.6 Å². The first kappa shape index (κ1) is 16.7. The molecule has 1 aliphatic carbocycles. The Morgan fingerprint density at radius 3 is 2.88 bits per heavy atom. The van der Waals surface area contributed by atoms with Gasteiger partial charge in [-0.05, 0) is 55.5 Å². The van der Waals surface area contributed by atoms with Gasteiger partial charge >= 0.3 is 0 Å². The Morgan fingerprint density at radius 1 is 1.33 bits per heavy atom. The van der Waals surface area contributed by atoms with E-state index in [1.54, 1.807) is 11.0 Å². The smallest absolute Gasteiger partial charge is 0.251 e. The molecule has 2 atom stereocenters. The molecule has 0 radical (unpaired) electrons. The molecule has 1 aromatic rings. The normalized spacial score (nSPS) is 22.8. The summed E-state index contributed by atoms with van der Waals surface area (Å²) < 4.78 is 0. The summed E-state index contributed by atoms with van der Waals surface area (Å²) in [6.07, 6.45) is 5.57. The minimum Gasteiger partial charge on any atom is -0.393 e. The van der Waals surface area contributed by atoms with Crippen molar-refractivity contribution in [3.05, 3.63) is 42.0 Å². The van der Waals surface area contributed by atoms with Crippen LogP contribution in [0.4, 0.5) is 5.69 Å². The Hall–Kier alpha value is -2.14. The zero-order valence-corrected chi connectivity index (χ0v) is 13.8. The molecule has 1 heterocycles. The Kier molecular flexibility index (Phi) is 5.00. The predicted molar refractivity (Wildman–Crippen MR) is 93.0 cm³/mol. The molecule has 2 N–H and O–H groups in total. The minimum absolute atomic E-state index is 0.108. The first-order valence-electron chi connectivity index (χ1n) is 8.63. The monoisotopic (exact) mass is 328 g/mol. The zero-order chi connectivity index (χ0) is 17.1. The summed E-state index contributed by atoms with van der Waals surface area (Å²) in [6.45, 7) is 4.74. The standard InChI is InChI=1S/C19H24N2O3/c1-2-18(23)21-10-4-6-13-11-14(8-9-16(13)21)19(24)20-12-15-5-3-7-17(15)22/h2,8-9,11,15,17,22H,1,3-7,10,12H2,(H,20,24)/t15-,17+/m1/s1. The second kappa shape index (κ2) is 7.18. The molecule has 0 aromatic heterocycles. The minimum atomic E-state index is -0.299. The molecule has 1 fully saturated rings. The number of carbonyl (C=O) groups is 2. The second-order valence-corrected chi connectivity index (χ2v) is 6.61. The van der Waals surface area contributed by atoms with Crippen LogP contribution in [0.15, 0.2) is 30.9 Å². The molecular formula is C19H24N2O3. The molecule has 5 nitrogen and oxygen atoms in total. The third-order valence-corrected chi connectivity index (χ3v) is 5.04. The molecule has 128 valence electrons. The fourth-order valence-electron chi connectivity index (χ4n) is 3.66. The van der Waals surface area contributed by atoms with E-state index >= 15 is 0 Å². The van der Waals surface area contributed by atoms with Crippen molar-refractivity contribution >= 4 is 17.5 Å². The lowest BCUT2D eigenvalue weighted by Gasteiger charge is -2.29. The van der Waals surface area contributed by atoms with E-state index in [2.05, 4.69) is 11.9 Å². The Labute approximate surface area is 142 Å². The van der Waals surface area contributed by atoms with Crippen molar-refractivity contribution in [2.45, 2.75) is 38.2 Å². The lowest BCUT2D eigenvalue weighted by molar-refractivity contribution is -0.114. The van der Waals surface area contributed by atoms with Gasteiger partial charge in [0, 0.05) is 30.3 Å². The van der Waals surface area contributed by atoms with E-state index in [0.717, 1.165) is 43.4 Å². The lowest BCUT2D eigenvalue weighted by atomic mass is 9.98. The van der Waals surface area contributed by atoms with Crippen LogP contribution < -0.4 is 10.2 Å². The maximum Gasteiger partial charge on any atom is 0.251 e. The SMILES string of the molecule is C=CC(=O)N1CCCc2cc(C(=O)NC[C@H]3CCC[C@@H]3O)ccc21. The molecule has 0 spiro atoms. The van der Waals surface area contributed by atoms with Crippen LogP contribution in [-0.4, -0.2) is 36.1 Å². The number of hydrogen-bond acceptors (Lipinski definition) is 3. The molecule has 0 bridgehead atoms. The van der Waals surface area contributed by atoms with Gasteiger partial charge in [0.1, 0.15) is 0 Å². The van der Waals surface area contributed by atoms with Crippen molar-refractivity contribution < 1.29 is 14.7 Å². The molecule has 0 unspecified atom stereocenters. The summed E-state index contributed by atoms with van der Waals surface area (Å²) in [6, 6.07) is 5.47. The van der Waals surface area contributed by atoms with Crippen molar-refractivity contribution in [3.8, 4) is 0 Å². The number of nitrogens with zero attached hydrogens (tertiary/aromatic N) is 1. The van der Waals surface area contributed by atoms with E-state index in [1.165, 1.54) is 6.08 Å². The van der Waals surface area contributed by atoms with E-state index in [9.17, 15) is 14.7 Å². The number of amides is 2. The van der Waals surface area contributed by atoms with Gasteiger partial charge in [-0.2, -0.15) is 0 Å². The number of anilines is 1. The van der Waals surface area contributed by atoms with Gasteiger partial charge in [0.15, 0.2) is 0 Å². The molecule has 5 heteroatoms. The third kappa shape index (κ3) is 3.36. The molecular weight excluding hydrogens is 304 g/mol. The van der Waals surface area contributed by atoms with Gasteiger partial charge in [0.2, 0.25) is 5.91 Å². The van der Waals surface area contributed by atoms with Crippen LogP contribution in [0.25, 0.3) is 0 Å². The fraction of sp³-hybridized carbons (Fsp3) is 0.474. The number of nitrogens with one attached hydrogen (secondary N) is 1. The number of benzene rings is 1. The van der Waals surface area contributed by atoms with Gasteiger partial charge in [0.05, 0.1) is 6.10 Å². The molecule has 0 saturated heterocycles. The van der Waals surface area contributed by atoms with E-state index in [1.807, 2.05) is 12.1 Å². The molecule has 1 aromatic carbocycles. The van der Waals surface area contributed by atoms with Crippen molar-refractivity contribution in [1.82, 2.24) is 5.32 Å². The van der Waals surface area contributed by atoms with Crippen LogP contribution in [0.5, 0.6) is 0 Å². The van der Waals surface area contributed by atoms with Crippen LogP contribution in [0.3, 0.4) is 0 Å². The number of aliphatic hydroxyl groups is 1. The highest BCUT2D eigenvalue weighted by molar-refractivity contribution is 6.02. The summed E-state index contributed by atoms with van der Waals surface area (Å²) in [5.74, 6) is -0.0697. The number of hydrogen-bond donors (Lipinski definition) is 2. The molecule has 1 aliphatic heterocycles. The highest BCUT2D eigenvalue weighted by atomic mass is 16.3. The fourth-order valence-corrected chi connectivity index (χ4v) is 3.66. The maximum absolute atomic E-state index is 12.4. The highest BCUT2D eigenvalue weighted by Crippen LogP contribution is 2.29. The van der Waals surface area contributed by atoms with Crippen LogP contribution in [0, 0.1) is 5.92 Å². The number of rotatable bonds is 4. The van der Waals surface area contributed by atoms with Crippen LogP contribution in [-0.2, 0) is 11.2 Å². The Bertz CT molecular complexity index is 656. The van der Waals surface area contributed by atoms with Crippen molar-refractivity contribution in [2.24, 2.45) is 5.92 Å². The molecule has 2 aliphatic rings. The van der Waals surface area contributed by atoms with Crippen molar-refractivity contribution in [3.63, 3.8) is 0 Å². The van der Waals surface area contributed by atoms with Gasteiger partial charge in [-0.15, -0.1) is 0 Å². The van der Waals surface area contributed by atoms with E-state index in [0.29, 0.717) is 18.7 Å². The average Bonchev–Trinajstić information content (AvgIpc) is 3.02. The first-order chi connectivity index (χ1) is 11.6. The van der Waals surface area contributed by atoms with Crippen molar-refractivity contribution in [1.29, 1.82) is 0 Å². The summed E-state index contributed by atoms with van der Waals surface area (Å²) in [5.41, 5.74) is 2.49. The van der Waals surface area contributed by atoms with Gasteiger partial charge in [-0.3, -0.25) is 9.59 Å². The third-order valence-electron chi connectivity index (χ3n) is 5.04. The highest BCUT2D eigenvalue weighted by Gasteiger charge is 2.26. The van der Waals surface area contributed by atoms with Gasteiger partial charge in [-0.1, -0.05) is 13.0 Å². The largest absolute Gasteiger partial charge is 0.393 e. The number of carbonyl (C=O) groups excluding carboxylic acids is 2. The van der Waals surface area contributed by atoms with Gasteiger partial charge < -0.3 is 15.3 Å². The molecule has 24 heavy (non-hydrogen) atoms. The lowest BCUT2D eigenvalue weighted by Crippen LogP contribution is -2.35. The van der Waals surface area contributed by atoms with Crippen LogP contribution in [0.2, 0.25) is 0 Å². The Balaban J connectivity index is 1.70. The Morgan fingerprint density at radius 2 is 2.17 bits per heavy atom. The number of fused-ring (bicyclic) bond motifs is 1. The zero-order valence-electron chi connectivity index (χ0n) is 13.8. The molecule has 3 rings (SSSR count). The quantitative estimate of drug-likeness (QED) is 0.831. The second-order valence-electron chi connectivity index (χ2n) is 6.61. The number of aryl methyl sites for hydroxylation is 1. The van der Waals surface area contributed by atoms with E-state index in [4.69, 9.17) is 0 Å². The molecule has 2 amide bonds. The van der Waals surface area contributed by atoms with Gasteiger partial charge in [-0.25, -0.2) is 0 Å². The maximum atomic E-state index is 12.4. The van der Waals surface area contributed by atoms with Gasteiger partial charge in [0.25, 0.3) is 5.91 Å². The molecule has 1 saturated carbocycles. The van der Waals surface area contributed by atoms with E-state index < -0.39 is 0 Å². The average molecular weight is 328 g/mol.